The predicted octanol–water partition coefficient (Wildman–Crippen LogP) is 4.11. The lowest BCUT2D eigenvalue weighted by molar-refractivity contribution is -0.120. The van der Waals surface area contributed by atoms with Crippen LogP contribution in [0.3, 0.4) is 0 Å². The lowest BCUT2D eigenvalue weighted by Crippen LogP contribution is -2.52. The molecule has 1 amide bonds. The number of nitrogens with one attached hydrogen (secondary N) is 2. The predicted molar refractivity (Wildman–Crippen MR) is 138 cm³/mol. The van der Waals surface area contributed by atoms with Crippen molar-refractivity contribution in [1.29, 1.82) is 0 Å². The third-order valence-corrected chi connectivity index (χ3v) is 7.09. The summed E-state index contributed by atoms with van der Waals surface area (Å²) in [5, 5.41) is 17.4. The summed E-state index contributed by atoms with van der Waals surface area (Å²) in [4.78, 5) is 20.4. The van der Waals surface area contributed by atoms with Crippen molar-refractivity contribution in [2.24, 2.45) is 5.41 Å². The summed E-state index contributed by atoms with van der Waals surface area (Å²) in [5.74, 6) is 0.130. The first-order chi connectivity index (χ1) is 17.9. The van der Waals surface area contributed by atoms with Crippen LogP contribution in [-0.4, -0.2) is 51.9 Å². The summed E-state index contributed by atoms with van der Waals surface area (Å²) in [7, 11) is 0. The minimum Gasteiger partial charge on any atom is -0.471 e. The molecule has 2 aromatic heterocycles. The molecule has 0 bridgehead atoms. The Balaban J connectivity index is 1.49. The van der Waals surface area contributed by atoms with E-state index >= 15 is 0 Å². The standard InChI is InChI=1S/C28H38F2N4O4/c1-17(35)34-21(11-18-6-9-31-24(12-18)37-26(29)30)23(36)16-32-22-14-28(7-5-8-28)38-25-20(22)10-19(15-33-25)13-27(2,3)4/h6,9-10,12,15,21-23,26,32,36H,5,7-8,11,13-14,16H2,1-4H3,(H,34,35)/t21-,22-,23-/m0/s1. The van der Waals surface area contributed by atoms with Crippen LogP contribution in [0.5, 0.6) is 11.8 Å². The maximum Gasteiger partial charge on any atom is 0.388 e. The van der Waals surface area contributed by atoms with Crippen LogP contribution in [0, 0.1) is 5.41 Å². The van der Waals surface area contributed by atoms with Crippen LogP contribution in [0.25, 0.3) is 0 Å². The number of rotatable bonds is 10. The number of aromatic nitrogens is 2. The summed E-state index contributed by atoms with van der Waals surface area (Å²) in [6, 6.07) is 4.47. The number of ether oxygens (including phenoxy) is 2. The van der Waals surface area contributed by atoms with Gasteiger partial charge in [0.2, 0.25) is 17.7 Å². The molecule has 208 valence electrons. The van der Waals surface area contributed by atoms with Crippen LogP contribution in [0.1, 0.15) is 76.1 Å². The molecular weight excluding hydrogens is 494 g/mol. The van der Waals surface area contributed by atoms with Crippen molar-refractivity contribution in [3.63, 3.8) is 0 Å². The molecule has 10 heteroatoms. The number of amides is 1. The number of nitrogens with zero attached hydrogens (tertiary/aromatic N) is 2. The van der Waals surface area contributed by atoms with Crippen LogP contribution in [0.15, 0.2) is 30.6 Å². The van der Waals surface area contributed by atoms with Crippen molar-refractivity contribution in [3.05, 3.63) is 47.3 Å². The lowest BCUT2D eigenvalue weighted by atomic mass is 9.73. The SMILES string of the molecule is CC(=O)N[C@@H](Cc1ccnc(OC(F)F)c1)[C@@H](O)CN[C@H]1CC2(CCC2)Oc2ncc(CC(C)(C)C)cc21. The van der Waals surface area contributed by atoms with E-state index in [4.69, 9.17) is 4.74 Å². The molecule has 1 aliphatic carbocycles. The Hall–Kier alpha value is -2.85. The number of carbonyl (C=O) groups excluding carboxylic acids is 1. The van der Waals surface area contributed by atoms with E-state index in [1.807, 2.05) is 6.20 Å². The van der Waals surface area contributed by atoms with Gasteiger partial charge in [0.25, 0.3) is 0 Å². The fraction of sp³-hybridized carbons (Fsp3) is 0.607. The van der Waals surface area contributed by atoms with Gasteiger partial charge in [0.05, 0.1) is 12.1 Å². The Labute approximate surface area is 222 Å². The Morgan fingerprint density at radius 2 is 2.03 bits per heavy atom. The van der Waals surface area contributed by atoms with Gasteiger partial charge in [0.1, 0.15) is 5.60 Å². The molecule has 1 aliphatic heterocycles. The molecule has 4 rings (SSSR count). The average molecular weight is 533 g/mol. The van der Waals surface area contributed by atoms with E-state index in [0.717, 1.165) is 43.2 Å². The molecule has 2 aromatic rings. The van der Waals surface area contributed by atoms with E-state index < -0.39 is 18.8 Å². The Bertz CT molecular complexity index is 1120. The smallest absolute Gasteiger partial charge is 0.388 e. The number of pyridine rings is 2. The van der Waals surface area contributed by atoms with Crippen molar-refractivity contribution in [2.75, 3.05) is 6.54 Å². The Kier molecular flexibility index (Phi) is 8.52. The zero-order valence-electron chi connectivity index (χ0n) is 22.5. The van der Waals surface area contributed by atoms with Crippen LogP contribution < -0.4 is 20.1 Å². The van der Waals surface area contributed by atoms with E-state index in [1.54, 1.807) is 6.07 Å². The molecule has 3 heterocycles. The number of carbonyl (C=O) groups is 1. The molecular formula is C28H38F2N4O4. The highest BCUT2D eigenvalue weighted by atomic mass is 19.3. The van der Waals surface area contributed by atoms with Crippen molar-refractivity contribution in [3.8, 4) is 11.8 Å². The van der Waals surface area contributed by atoms with E-state index in [-0.39, 0.29) is 41.8 Å². The van der Waals surface area contributed by atoms with Crippen LogP contribution >= 0.6 is 0 Å². The number of hydrogen-bond acceptors (Lipinski definition) is 7. The quantitative estimate of drug-likeness (QED) is 0.423. The molecule has 1 fully saturated rings. The number of aliphatic hydroxyl groups is 1. The van der Waals surface area contributed by atoms with Gasteiger partial charge in [-0.3, -0.25) is 4.79 Å². The number of hydrogen-bond donors (Lipinski definition) is 3. The molecule has 0 unspecified atom stereocenters. The van der Waals surface area contributed by atoms with Crippen molar-refractivity contribution >= 4 is 5.91 Å². The summed E-state index contributed by atoms with van der Waals surface area (Å²) >= 11 is 0. The summed E-state index contributed by atoms with van der Waals surface area (Å²) in [6.07, 6.45) is 7.23. The highest BCUT2D eigenvalue weighted by molar-refractivity contribution is 5.73. The second kappa shape index (κ2) is 11.5. The number of aliphatic hydroxyl groups excluding tert-OH is 1. The van der Waals surface area contributed by atoms with Gasteiger partial charge in [-0.2, -0.15) is 8.78 Å². The zero-order chi connectivity index (χ0) is 27.5. The summed E-state index contributed by atoms with van der Waals surface area (Å²) < 4.78 is 36.0. The lowest BCUT2D eigenvalue weighted by Gasteiger charge is -2.47. The zero-order valence-corrected chi connectivity index (χ0v) is 22.5. The average Bonchev–Trinajstić information content (AvgIpc) is 2.79. The van der Waals surface area contributed by atoms with Gasteiger partial charge >= 0.3 is 6.61 Å². The molecule has 38 heavy (non-hydrogen) atoms. The van der Waals surface area contributed by atoms with E-state index in [9.17, 15) is 18.7 Å². The van der Waals surface area contributed by atoms with Gasteiger partial charge < -0.3 is 25.2 Å². The van der Waals surface area contributed by atoms with E-state index in [1.165, 1.54) is 19.2 Å². The van der Waals surface area contributed by atoms with Crippen molar-refractivity contribution in [1.82, 2.24) is 20.6 Å². The summed E-state index contributed by atoms with van der Waals surface area (Å²) in [6.45, 7) is 5.16. The van der Waals surface area contributed by atoms with Gasteiger partial charge in [-0.1, -0.05) is 20.8 Å². The topological polar surface area (TPSA) is 106 Å². The molecule has 0 aromatic carbocycles. The fourth-order valence-electron chi connectivity index (χ4n) is 5.28. The van der Waals surface area contributed by atoms with Gasteiger partial charge in [0.15, 0.2) is 0 Å². The van der Waals surface area contributed by atoms with Crippen LogP contribution in [0.2, 0.25) is 0 Å². The van der Waals surface area contributed by atoms with Gasteiger partial charge in [-0.15, -0.1) is 0 Å². The van der Waals surface area contributed by atoms with Gasteiger partial charge in [-0.05, 0) is 60.8 Å². The first-order valence-electron chi connectivity index (χ1n) is 13.2. The highest BCUT2D eigenvalue weighted by Crippen LogP contribution is 2.48. The van der Waals surface area contributed by atoms with Gasteiger partial charge in [-0.25, -0.2) is 9.97 Å². The third kappa shape index (κ3) is 7.38. The largest absolute Gasteiger partial charge is 0.471 e. The Morgan fingerprint density at radius 3 is 2.66 bits per heavy atom. The van der Waals surface area contributed by atoms with Gasteiger partial charge in [0, 0.05) is 50.0 Å². The van der Waals surface area contributed by atoms with E-state index in [0.29, 0.717) is 11.4 Å². The van der Waals surface area contributed by atoms with E-state index in [2.05, 4.69) is 52.2 Å². The first kappa shape index (κ1) is 28.2. The minimum atomic E-state index is -2.99. The normalized spacial score (nSPS) is 19.7. The number of halogens is 2. The second-order valence-electron chi connectivity index (χ2n) is 11.7. The molecule has 0 radical (unpaired) electrons. The number of alkyl halides is 2. The fourth-order valence-corrected chi connectivity index (χ4v) is 5.28. The number of fused-ring (bicyclic) bond motifs is 1. The minimum absolute atomic E-state index is 0.0638. The molecule has 3 atom stereocenters. The van der Waals surface area contributed by atoms with Crippen molar-refractivity contribution in [2.45, 2.75) is 96.6 Å². The highest BCUT2D eigenvalue weighted by Gasteiger charge is 2.46. The molecule has 3 N–H and O–H groups in total. The second-order valence-corrected chi connectivity index (χ2v) is 11.7. The van der Waals surface area contributed by atoms with Crippen molar-refractivity contribution < 1.29 is 28.2 Å². The summed E-state index contributed by atoms with van der Waals surface area (Å²) in [5.41, 5.74) is 2.60. The Morgan fingerprint density at radius 1 is 1.26 bits per heavy atom. The molecule has 1 spiro atoms. The molecule has 1 saturated carbocycles. The molecule has 2 aliphatic rings. The van der Waals surface area contributed by atoms with Crippen LogP contribution in [-0.2, 0) is 17.6 Å². The maximum atomic E-state index is 12.6. The molecule has 0 saturated heterocycles. The third-order valence-electron chi connectivity index (χ3n) is 7.09. The monoisotopic (exact) mass is 532 g/mol. The first-order valence-corrected chi connectivity index (χ1v) is 13.2. The maximum absolute atomic E-state index is 12.6. The molecule has 8 nitrogen and oxygen atoms in total. The van der Waals surface area contributed by atoms with Crippen LogP contribution in [0.4, 0.5) is 8.78 Å².